The molecule has 0 unspecified atom stereocenters. The first-order chi connectivity index (χ1) is 9.09. The van der Waals surface area contributed by atoms with E-state index < -0.39 is 0 Å². The van der Waals surface area contributed by atoms with Crippen molar-refractivity contribution < 1.29 is 9.59 Å². The van der Waals surface area contributed by atoms with Gasteiger partial charge in [0.1, 0.15) is 0 Å². The van der Waals surface area contributed by atoms with Gasteiger partial charge in [-0.25, -0.2) is 4.90 Å². The number of nitrogen functional groups attached to an aromatic ring is 2. The van der Waals surface area contributed by atoms with Gasteiger partial charge in [-0.15, -0.1) is 0 Å². The van der Waals surface area contributed by atoms with Crippen molar-refractivity contribution >= 4 is 28.9 Å². The molecule has 3 rings (SSSR count). The molecule has 0 bridgehead atoms. The zero-order valence-electron chi connectivity index (χ0n) is 9.96. The molecule has 19 heavy (non-hydrogen) atoms. The molecule has 0 aromatic heterocycles. The fraction of sp³-hybridized carbons (Fsp3) is 0. The predicted octanol–water partition coefficient (Wildman–Crippen LogP) is 1.65. The first-order valence-corrected chi connectivity index (χ1v) is 5.72. The second-order valence-electron chi connectivity index (χ2n) is 4.31. The van der Waals surface area contributed by atoms with E-state index in [1.807, 2.05) is 0 Å². The number of hydrogen-bond acceptors (Lipinski definition) is 4. The largest absolute Gasteiger partial charge is 0.399 e. The molecule has 4 N–H and O–H groups in total. The molecule has 2 amide bonds. The minimum atomic E-state index is -0.364. The summed E-state index contributed by atoms with van der Waals surface area (Å²) in [6, 6.07) is 11.4. The topological polar surface area (TPSA) is 89.4 Å². The summed E-state index contributed by atoms with van der Waals surface area (Å²) in [5, 5.41) is 0. The van der Waals surface area contributed by atoms with Crippen molar-refractivity contribution in [3.05, 3.63) is 53.6 Å². The van der Waals surface area contributed by atoms with Crippen LogP contribution in [-0.2, 0) is 0 Å². The highest BCUT2D eigenvalue weighted by Crippen LogP contribution is 2.32. The summed E-state index contributed by atoms with van der Waals surface area (Å²) >= 11 is 0. The van der Waals surface area contributed by atoms with Gasteiger partial charge in [0.2, 0.25) is 0 Å². The van der Waals surface area contributed by atoms with Gasteiger partial charge in [-0.05, 0) is 30.3 Å². The number of nitrogens with two attached hydrogens (primary N) is 2. The highest BCUT2D eigenvalue weighted by atomic mass is 16.2. The van der Waals surface area contributed by atoms with Crippen LogP contribution in [0.1, 0.15) is 20.7 Å². The Morgan fingerprint density at radius 1 is 0.842 bits per heavy atom. The van der Waals surface area contributed by atoms with Crippen LogP contribution in [0.4, 0.5) is 17.1 Å². The molecule has 94 valence electrons. The molecular formula is C14H11N3O2. The number of fused-ring (bicyclic) bond motifs is 1. The maximum Gasteiger partial charge on any atom is 0.266 e. The number of nitrogens with zero attached hydrogens (tertiary/aromatic N) is 1. The van der Waals surface area contributed by atoms with E-state index >= 15 is 0 Å². The van der Waals surface area contributed by atoms with Crippen molar-refractivity contribution in [3.8, 4) is 0 Å². The number of imide groups is 1. The third-order valence-corrected chi connectivity index (χ3v) is 3.09. The van der Waals surface area contributed by atoms with Crippen molar-refractivity contribution in [3.63, 3.8) is 0 Å². The number of rotatable bonds is 1. The van der Waals surface area contributed by atoms with Gasteiger partial charge in [0, 0.05) is 5.69 Å². The molecule has 2 aromatic carbocycles. The lowest BCUT2D eigenvalue weighted by Crippen LogP contribution is -2.30. The molecule has 5 heteroatoms. The van der Waals surface area contributed by atoms with Crippen LogP contribution in [-0.4, -0.2) is 11.8 Å². The number of carbonyl (C=O) groups is 2. The first kappa shape index (κ1) is 11.3. The summed E-state index contributed by atoms with van der Waals surface area (Å²) in [6.07, 6.45) is 0. The van der Waals surface area contributed by atoms with Gasteiger partial charge in [0.05, 0.1) is 22.5 Å². The number of hydrogen-bond donors (Lipinski definition) is 2. The smallest absolute Gasteiger partial charge is 0.266 e. The summed E-state index contributed by atoms with van der Waals surface area (Å²) in [7, 11) is 0. The van der Waals surface area contributed by atoms with E-state index in [1.165, 1.54) is 6.07 Å². The van der Waals surface area contributed by atoms with Gasteiger partial charge in [-0.3, -0.25) is 9.59 Å². The predicted molar refractivity (Wildman–Crippen MR) is 72.8 cm³/mol. The average Bonchev–Trinajstić information content (AvgIpc) is 2.64. The Morgan fingerprint density at radius 2 is 1.42 bits per heavy atom. The van der Waals surface area contributed by atoms with Crippen molar-refractivity contribution in [2.75, 3.05) is 16.4 Å². The SMILES string of the molecule is Nc1ccc(N2C(=O)c3ccccc3C2=O)c(N)c1. The van der Waals surface area contributed by atoms with Crippen LogP contribution in [0.5, 0.6) is 0 Å². The van der Waals surface area contributed by atoms with Gasteiger partial charge in [-0.2, -0.15) is 0 Å². The normalized spacial score (nSPS) is 13.8. The molecule has 0 saturated heterocycles. The average molecular weight is 253 g/mol. The van der Waals surface area contributed by atoms with Crippen LogP contribution in [0.3, 0.4) is 0 Å². The van der Waals surface area contributed by atoms with Crippen LogP contribution >= 0.6 is 0 Å². The van der Waals surface area contributed by atoms with Crippen LogP contribution < -0.4 is 16.4 Å². The van der Waals surface area contributed by atoms with Crippen LogP contribution in [0.2, 0.25) is 0 Å². The minimum Gasteiger partial charge on any atom is -0.399 e. The number of benzene rings is 2. The lowest BCUT2D eigenvalue weighted by Gasteiger charge is -2.16. The van der Waals surface area contributed by atoms with E-state index in [0.717, 1.165) is 4.90 Å². The van der Waals surface area contributed by atoms with Gasteiger partial charge in [0.15, 0.2) is 0 Å². The Hall–Kier alpha value is -2.82. The maximum absolute atomic E-state index is 12.3. The van der Waals surface area contributed by atoms with Crippen molar-refractivity contribution in [2.24, 2.45) is 0 Å². The van der Waals surface area contributed by atoms with E-state index in [1.54, 1.807) is 36.4 Å². The standard InChI is InChI=1S/C14H11N3O2/c15-8-5-6-12(11(16)7-8)17-13(18)9-3-1-2-4-10(9)14(17)19/h1-7H,15-16H2. The zero-order valence-corrected chi connectivity index (χ0v) is 9.96. The molecule has 0 aliphatic carbocycles. The number of amides is 2. The Balaban J connectivity index is 2.14. The third kappa shape index (κ3) is 1.55. The lowest BCUT2D eigenvalue weighted by atomic mass is 10.1. The third-order valence-electron chi connectivity index (χ3n) is 3.09. The Morgan fingerprint density at radius 3 is 1.95 bits per heavy atom. The molecule has 1 aliphatic rings. The molecule has 0 spiro atoms. The molecule has 5 nitrogen and oxygen atoms in total. The highest BCUT2D eigenvalue weighted by Gasteiger charge is 2.37. The highest BCUT2D eigenvalue weighted by molar-refractivity contribution is 6.35. The van der Waals surface area contributed by atoms with Gasteiger partial charge in [-0.1, -0.05) is 12.1 Å². The summed E-state index contributed by atoms with van der Waals surface area (Å²) in [5.41, 5.74) is 13.4. The van der Waals surface area contributed by atoms with Gasteiger partial charge in [0.25, 0.3) is 11.8 Å². The monoisotopic (exact) mass is 253 g/mol. The van der Waals surface area contributed by atoms with Crippen LogP contribution in [0.15, 0.2) is 42.5 Å². The Kier molecular flexibility index (Phi) is 2.28. The van der Waals surface area contributed by atoms with E-state index in [9.17, 15) is 9.59 Å². The molecular weight excluding hydrogens is 242 g/mol. The number of carbonyl (C=O) groups excluding carboxylic acids is 2. The molecule has 2 aromatic rings. The zero-order chi connectivity index (χ0) is 13.6. The molecule has 0 saturated carbocycles. The van der Waals surface area contributed by atoms with E-state index in [-0.39, 0.29) is 11.8 Å². The van der Waals surface area contributed by atoms with Crippen molar-refractivity contribution in [1.82, 2.24) is 0 Å². The van der Waals surface area contributed by atoms with E-state index in [4.69, 9.17) is 11.5 Å². The van der Waals surface area contributed by atoms with E-state index in [2.05, 4.69) is 0 Å². The lowest BCUT2D eigenvalue weighted by molar-refractivity contribution is 0.0926. The van der Waals surface area contributed by atoms with Crippen LogP contribution in [0.25, 0.3) is 0 Å². The fourth-order valence-electron chi connectivity index (χ4n) is 2.18. The number of anilines is 3. The molecule has 0 fully saturated rings. The van der Waals surface area contributed by atoms with Crippen molar-refractivity contribution in [1.29, 1.82) is 0 Å². The second kappa shape index (κ2) is 3.84. The quantitative estimate of drug-likeness (QED) is 0.597. The summed E-state index contributed by atoms with van der Waals surface area (Å²) in [4.78, 5) is 25.6. The molecule has 1 heterocycles. The molecule has 0 radical (unpaired) electrons. The first-order valence-electron chi connectivity index (χ1n) is 5.72. The summed E-state index contributed by atoms with van der Waals surface area (Å²) in [6.45, 7) is 0. The minimum absolute atomic E-state index is 0.300. The molecule has 0 atom stereocenters. The van der Waals surface area contributed by atoms with E-state index in [0.29, 0.717) is 28.2 Å². The summed E-state index contributed by atoms with van der Waals surface area (Å²) in [5.74, 6) is -0.728. The van der Waals surface area contributed by atoms with Gasteiger partial charge < -0.3 is 11.5 Å². The van der Waals surface area contributed by atoms with Gasteiger partial charge >= 0.3 is 0 Å². The fourth-order valence-corrected chi connectivity index (χ4v) is 2.18. The Labute approximate surface area is 109 Å². The van der Waals surface area contributed by atoms with Crippen molar-refractivity contribution in [2.45, 2.75) is 0 Å². The molecule has 1 aliphatic heterocycles. The van der Waals surface area contributed by atoms with Crippen LogP contribution in [0, 0.1) is 0 Å². The maximum atomic E-state index is 12.3. The second-order valence-corrected chi connectivity index (χ2v) is 4.31. The summed E-state index contributed by atoms with van der Waals surface area (Å²) < 4.78 is 0. The Bertz CT molecular complexity index is 675.